The zero-order valence-corrected chi connectivity index (χ0v) is 15.4. The number of carbonyl (C=O) groups excluding carboxylic acids is 1. The SMILES string of the molecule is COc1ccc(OC)c(NC(=O)CCN2CCC[C@H]2c2cc(C)on2)c1. The molecule has 1 aliphatic rings. The number of benzene rings is 1. The first-order valence-electron chi connectivity index (χ1n) is 8.80. The molecule has 1 atom stereocenters. The molecule has 1 aromatic carbocycles. The quantitative estimate of drug-likeness (QED) is 0.818. The Morgan fingerprint density at radius 2 is 2.19 bits per heavy atom. The Morgan fingerprint density at radius 1 is 1.35 bits per heavy atom. The van der Waals surface area contributed by atoms with Crippen molar-refractivity contribution in [1.29, 1.82) is 0 Å². The molecule has 0 unspecified atom stereocenters. The molecule has 0 saturated carbocycles. The summed E-state index contributed by atoms with van der Waals surface area (Å²) in [7, 11) is 3.17. The zero-order chi connectivity index (χ0) is 18.5. The smallest absolute Gasteiger partial charge is 0.225 e. The van der Waals surface area contributed by atoms with Gasteiger partial charge in [-0.1, -0.05) is 5.16 Å². The van der Waals surface area contributed by atoms with Crippen molar-refractivity contribution >= 4 is 11.6 Å². The number of hydrogen-bond donors (Lipinski definition) is 1. The molecule has 1 aromatic heterocycles. The Bertz CT molecular complexity index is 759. The van der Waals surface area contributed by atoms with Gasteiger partial charge in [-0.05, 0) is 38.4 Å². The monoisotopic (exact) mass is 359 g/mol. The Kier molecular flexibility index (Phi) is 5.78. The van der Waals surface area contributed by atoms with Crippen LogP contribution in [-0.2, 0) is 4.79 Å². The molecule has 1 aliphatic heterocycles. The number of carbonyl (C=O) groups is 1. The van der Waals surface area contributed by atoms with Crippen LogP contribution in [0.2, 0.25) is 0 Å². The normalized spacial score (nSPS) is 17.3. The summed E-state index contributed by atoms with van der Waals surface area (Å²) in [6.07, 6.45) is 2.53. The molecule has 0 spiro atoms. The van der Waals surface area contributed by atoms with Gasteiger partial charge in [-0.15, -0.1) is 0 Å². The lowest BCUT2D eigenvalue weighted by atomic mass is 10.1. The van der Waals surface area contributed by atoms with Crippen molar-refractivity contribution in [2.45, 2.75) is 32.2 Å². The molecule has 0 bridgehead atoms. The number of ether oxygens (including phenoxy) is 2. The minimum absolute atomic E-state index is 0.0569. The standard InChI is InChI=1S/C19H25N3O4/c1-13-11-15(21-26-13)17-5-4-9-22(17)10-8-19(23)20-16-12-14(24-2)6-7-18(16)25-3/h6-7,11-12,17H,4-5,8-10H2,1-3H3,(H,20,23)/t17-/m0/s1. The van der Waals surface area contributed by atoms with Crippen LogP contribution < -0.4 is 14.8 Å². The molecule has 1 fully saturated rings. The van der Waals surface area contributed by atoms with Crippen molar-refractivity contribution in [2.24, 2.45) is 0 Å². The summed E-state index contributed by atoms with van der Waals surface area (Å²) >= 11 is 0. The molecule has 2 heterocycles. The molecule has 1 N–H and O–H groups in total. The molecule has 26 heavy (non-hydrogen) atoms. The lowest BCUT2D eigenvalue weighted by Crippen LogP contribution is -2.28. The minimum Gasteiger partial charge on any atom is -0.497 e. The van der Waals surface area contributed by atoms with Crippen LogP contribution in [-0.4, -0.2) is 43.3 Å². The fourth-order valence-corrected chi connectivity index (χ4v) is 3.34. The second-order valence-corrected chi connectivity index (χ2v) is 6.42. The second kappa shape index (κ2) is 8.23. The van der Waals surface area contributed by atoms with Crippen molar-refractivity contribution in [1.82, 2.24) is 10.1 Å². The van der Waals surface area contributed by atoms with Gasteiger partial charge in [0, 0.05) is 25.1 Å². The average molecular weight is 359 g/mol. The summed E-state index contributed by atoms with van der Waals surface area (Å²) in [5.74, 6) is 2.03. The van der Waals surface area contributed by atoms with Crippen LogP contribution in [0.3, 0.4) is 0 Å². The van der Waals surface area contributed by atoms with Gasteiger partial charge in [0.05, 0.1) is 25.9 Å². The van der Waals surface area contributed by atoms with Crippen molar-refractivity contribution in [3.8, 4) is 11.5 Å². The fraction of sp³-hybridized carbons (Fsp3) is 0.474. The van der Waals surface area contributed by atoms with E-state index in [2.05, 4.69) is 15.4 Å². The van der Waals surface area contributed by atoms with Crippen LogP contribution in [0.1, 0.15) is 36.8 Å². The Morgan fingerprint density at radius 3 is 2.88 bits per heavy atom. The highest BCUT2D eigenvalue weighted by atomic mass is 16.5. The summed E-state index contributed by atoms with van der Waals surface area (Å²) in [4.78, 5) is 14.7. The first-order chi connectivity index (χ1) is 12.6. The zero-order valence-electron chi connectivity index (χ0n) is 15.4. The number of aryl methyl sites for hydroxylation is 1. The number of aromatic nitrogens is 1. The Balaban J connectivity index is 1.59. The van der Waals surface area contributed by atoms with Crippen LogP contribution in [0.5, 0.6) is 11.5 Å². The van der Waals surface area contributed by atoms with Crippen molar-refractivity contribution in [3.63, 3.8) is 0 Å². The first-order valence-corrected chi connectivity index (χ1v) is 8.80. The van der Waals surface area contributed by atoms with Gasteiger partial charge in [-0.2, -0.15) is 0 Å². The molecule has 0 radical (unpaired) electrons. The molecule has 7 heteroatoms. The second-order valence-electron chi connectivity index (χ2n) is 6.42. The largest absolute Gasteiger partial charge is 0.497 e. The molecular formula is C19H25N3O4. The third-order valence-electron chi connectivity index (χ3n) is 4.66. The van der Waals surface area contributed by atoms with E-state index in [9.17, 15) is 4.79 Å². The maximum absolute atomic E-state index is 12.4. The number of likely N-dealkylation sites (tertiary alicyclic amines) is 1. The lowest BCUT2D eigenvalue weighted by Gasteiger charge is -2.22. The average Bonchev–Trinajstić information content (AvgIpc) is 3.28. The molecule has 0 aliphatic carbocycles. The minimum atomic E-state index is -0.0569. The van der Waals surface area contributed by atoms with E-state index in [0.29, 0.717) is 30.2 Å². The highest BCUT2D eigenvalue weighted by Gasteiger charge is 2.28. The van der Waals surface area contributed by atoms with Gasteiger partial charge in [0.1, 0.15) is 23.0 Å². The highest BCUT2D eigenvalue weighted by Crippen LogP contribution is 2.32. The molecule has 7 nitrogen and oxygen atoms in total. The number of amides is 1. The molecule has 140 valence electrons. The van der Waals surface area contributed by atoms with Gasteiger partial charge in [0.2, 0.25) is 5.91 Å². The topological polar surface area (TPSA) is 76.8 Å². The molecule has 1 saturated heterocycles. The van der Waals surface area contributed by atoms with E-state index in [0.717, 1.165) is 30.8 Å². The number of hydrogen-bond acceptors (Lipinski definition) is 6. The Hall–Kier alpha value is -2.54. The van der Waals surface area contributed by atoms with Crippen molar-refractivity contribution in [3.05, 3.63) is 35.7 Å². The predicted molar refractivity (Wildman–Crippen MR) is 97.6 cm³/mol. The van der Waals surface area contributed by atoms with Crippen molar-refractivity contribution < 1.29 is 18.8 Å². The molecule has 2 aromatic rings. The maximum Gasteiger partial charge on any atom is 0.225 e. The first kappa shape index (κ1) is 18.3. The van der Waals surface area contributed by atoms with Gasteiger partial charge in [0.15, 0.2) is 0 Å². The summed E-state index contributed by atoms with van der Waals surface area (Å²) in [6, 6.07) is 7.53. The van der Waals surface area contributed by atoms with Crippen LogP contribution >= 0.6 is 0 Å². The molecule has 1 amide bonds. The number of anilines is 1. The lowest BCUT2D eigenvalue weighted by molar-refractivity contribution is -0.116. The van der Waals surface area contributed by atoms with E-state index < -0.39 is 0 Å². The molecular weight excluding hydrogens is 334 g/mol. The van der Waals surface area contributed by atoms with E-state index in [1.165, 1.54) is 0 Å². The number of nitrogens with one attached hydrogen (secondary N) is 1. The van der Waals surface area contributed by atoms with E-state index in [1.54, 1.807) is 32.4 Å². The summed E-state index contributed by atoms with van der Waals surface area (Å²) in [6.45, 7) is 3.53. The number of methoxy groups -OCH3 is 2. The van der Waals surface area contributed by atoms with Crippen LogP contribution in [0.25, 0.3) is 0 Å². The predicted octanol–water partition coefficient (Wildman–Crippen LogP) is 3.17. The van der Waals surface area contributed by atoms with Crippen molar-refractivity contribution in [2.75, 3.05) is 32.6 Å². The maximum atomic E-state index is 12.4. The van der Waals surface area contributed by atoms with Crippen LogP contribution in [0, 0.1) is 6.92 Å². The van der Waals surface area contributed by atoms with Crippen LogP contribution in [0.4, 0.5) is 5.69 Å². The fourth-order valence-electron chi connectivity index (χ4n) is 3.34. The molecule has 3 rings (SSSR count). The van der Waals surface area contributed by atoms with Gasteiger partial charge in [-0.25, -0.2) is 0 Å². The summed E-state index contributed by atoms with van der Waals surface area (Å²) < 4.78 is 15.7. The third kappa shape index (κ3) is 4.16. The van der Waals surface area contributed by atoms with Gasteiger partial charge in [-0.3, -0.25) is 9.69 Å². The van der Waals surface area contributed by atoms with Crippen LogP contribution in [0.15, 0.2) is 28.8 Å². The van der Waals surface area contributed by atoms with E-state index in [1.807, 2.05) is 13.0 Å². The van der Waals surface area contributed by atoms with Gasteiger partial charge < -0.3 is 19.3 Å². The van der Waals surface area contributed by atoms with E-state index in [-0.39, 0.29) is 11.9 Å². The summed E-state index contributed by atoms with van der Waals surface area (Å²) in [5, 5.41) is 7.05. The number of nitrogens with zero attached hydrogens (tertiary/aromatic N) is 2. The number of rotatable bonds is 7. The van der Waals surface area contributed by atoms with E-state index in [4.69, 9.17) is 14.0 Å². The summed E-state index contributed by atoms with van der Waals surface area (Å²) in [5.41, 5.74) is 1.57. The Labute approximate surface area is 153 Å². The van der Waals surface area contributed by atoms with Gasteiger partial charge >= 0.3 is 0 Å². The van der Waals surface area contributed by atoms with Gasteiger partial charge in [0.25, 0.3) is 0 Å². The third-order valence-corrected chi connectivity index (χ3v) is 4.66. The highest BCUT2D eigenvalue weighted by molar-refractivity contribution is 5.92. The van der Waals surface area contributed by atoms with E-state index >= 15 is 0 Å².